The smallest absolute Gasteiger partial charge is 0.139 e. The summed E-state index contributed by atoms with van der Waals surface area (Å²) in [7, 11) is 0. The van der Waals surface area contributed by atoms with Gasteiger partial charge >= 0.3 is 0 Å². The lowest BCUT2D eigenvalue weighted by Gasteiger charge is -2.43. The molecule has 0 amide bonds. The molecule has 140 valence electrons. The van der Waals surface area contributed by atoms with Gasteiger partial charge in [-0.25, -0.2) is 0 Å². The van der Waals surface area contributed by atoms with Gasteiger partial charge in [0.15, 0.2) is 0 Å². The highest BCUT2D eigenvalue weighted by atomic mass is 16.1. The van der Waals surface area contributed by atoms with Crippen molar-refractivity contribution in [2.24, 2.45) is 10.8 Å². The molecule has 0 saturated carbocycles. The average Bonchev–Trinajstić information content (AvgIpc) is 2.60. The molecule has 0 aliphatic carbocycles. The second-order valence-electron chi connectivity index (χ2n) is 7.31. The first kappa shape index (κ1) is 22.9. The Morgan fingerprint density at radius 2 is 1.38 bits per heavy atom. The minimum Gasteiger partial charge on any atom is -0.389 e. The molecule has 0 aromatic rings. The quantitative estimate of drug-likeness (QED) is 0.429. The highest BCUT2D eigenvalue weighted by Gasteiger charge is 2.50. The summed E-state index contributed by atoms with van der Waals surface area (Å²) in [6, 6.07) is 0. The Morgan fingerprint density at radius 1 is 0.875 bits per heavy atom. The third-order valence-electron chi connectivity index (χ3n) is 5.94. The van der Waals surface area contributed by atoms with Crippen LogP contribution in [-0.2, 0) is 9.59 Å². The van der Waals surface area contributed by atoms with E-state index >= 15 is 0 Å². The molecule has 0 bridgehead atoms. The zero-order valence-electron chi connectivity index (χ0n) is 16.9. The van der Waals surface area contributed by atoms with Crippen molar-refractivity contribution in [2.45, 2.75) is 92.9 Å². The van der Waals surface area contributed by atoms with Crippen LogP contribution in [0, 0.1) is 10.8 Å². The van der Waals surface area contributed by atoms with Gasteiger partial charge in [0.2, 0.25) is 0 Å². The maximum Gasteiger partial charge on any atom is 0.139 e. The van der Waals surface area contributed by atoms with Crippen molar-refractivity contribution in [3.05, 3.63) is 12.3 Å². The second-order valence-corrected chi connectivity index (χ2v) is 7.31. The largest absolute Gasteiger partial charge is 0.389 e. The molecule has 1 N–H and O–H groups in total. The Balaban J connectivity index is 4.74. The molecule has 0 spiro atoms. The van der Waals surface area contributed by atoms with E-state index in [-0.39, 0.29) is 11.6 Å². The lowest BCUT2D eigenvalue weighted by atomic mass is 9.57. The highest BCUT2D eigenvalue weighted by Crippen LogP contribution is 2.47. The third-order valence-corrected chi connectivity index (χ3v) is 5.94. The van der Waals surface area contributed by atoms with Crippen molar-refractivity contribution >= 4 is 11.6 Å². The van der Waals surface area contributed by atoms with Crippen LogP contribution in [0.1, 0.15) is 92.9 Å². The maximum atomic E-state index is 12.9. The van der Waals surface area contributed by atoms with Crippen LogP contribution in [0.15, 0.2) is 12.3 Å². The van der Waals surface area contributed by atoms with Gasteiger partial charge in [0.1, 0.15) is 11.6 Å². The van der Waals surface area contributed by atoms with Crippen LogP contribution < -0.4 is 5.32 Å². The fourth-order valence-corrected chi connectivity index (χ4v) is 3.47. The van der Waals surface area contributed by atoms with E-state index < -0.39 is 10.8 Å². The van der Waals surface area contributed by atoms with Crippen LogP contribution in [0.2, 0.25) is 0 Å². The van der Waals surface area contributed by atoms with Crippen molar-refractivity contribution in [3.63, 3.8) is 0 Å². The summed E-state index contributed by atoms with van der Waals surface area (Å²) >= 11 is 0. The van der Waals surface area contributed by atoms with E-state index in [1.165, 1.54) is 0 Å². The molecule has 0 aliphatic heterocycles. The fraction of sp³-hybridized carbons (Fsp3) is 0.810. The molecule has 3 nitrogen and oxygen atoms in total. The molecule has 0 saturated heterocycles. The van der Waals surface area contributed by atoms with E-state index in [0.717, 1.165) is 37.9 Å². The number of ketones is 2. The number of hydrogen-bond donors (Lipinski definition) is 1. The van der Waals surface area contributed by atoms with E-state index in [1.807, 2.05) is 34.6 Å². The molecule has 2 atom stereocenters. The van der Waals surface area contributed by atoms with Crippen LogP contribution in [0.4, 0.5) is 0 Å². The van der Waals surface area contributed by atoms with E-state index in [1.54, 1.807) is 0 Å². The minimum absolute atomic E-state index is 0.208. The molecule has 0 heterocycles. The predicted octanol–water partition coefficient (Wildman–Crippen LogP) is 5.44. The Kier molecular flexibility index (Phi) is 10.2. The average molecular weight is 338 g/mol. The summed E-state index contributed by atoms with van der Waals surface area (Å²) in [6.07, 6.45) is 6.31. The van der Waals surface area contributed by atoms with Gasteiger partial charge in [-0.3, -0.25) is 9.59 Å². The first-order chi connectivity index (χ1) is 11.2. The van der Waals surface area contributed by atoms with E-state index in [0.29, 0.717) is 25.7 Å². The lowest BCUT2D eigenvalue weighted by Crippen LogP contribution is -2.48. The number of carbonyl (C=O) groups excluding carboxylic acids is 2. The molecule has 0 aromatic carbocycles. The maximum absolute atomic E-state index is 12.9. The summed E-state index contributed by atoms with van der Waals surface area (Å²) in [6.45, 7) is 17.0. The summed E-state index contributed by atoms with van der Waals surface area (Å²) in [5.74, 6) is 0.447. The van der Waals surface area contributed by atoms with Gasteiger partial charge in [0.25, 0.3) is 0 Å². The standard InChI is InChI=1S/C21H39NO2/c1-8-16-22-17(5)14-12-13-15-19(24)21(7,11-4)20(6,10-3)18(23)9-2/h22H,5,8-16H2,1-4,6-7H3. The molecule has 0 aliphatic rings. The van der Waals surface area contributed by atoms with E-state index in [9.17, 15) is 9.59 Å². The number of unbranched alkanes of at least 4 members (excludes halogenated alkanes) is 1. The normalized spacial score (nSPS) is 16.1. The number of allylic oxidation sites excluding steroid dienone is 1. The van der Waals surface area contributed by atoms with Gasteiger partial charge in [0, 0.05) is 35.9 Å². The molecule has 0 rings (SSSR count). The summed E-state index contributed by atoms with van der Waals surface area (Å²) in [5.41, 5.74) is -0.0614. The van der Waals surface area contributed by atoms with Crippen molar-refractivity contribution in [1.82, 2.24) is 5.32 Å². The Labute approximate surface area is 149 Å². The van der Waals surface area contributed by atoms with Crippen LogP contribution in [0.5, 0.6) is 0 Å². The van der Waals surface area contributed by atoms with Gasteiger partial charge in [-0.1, -0.05) is 48.1 Å². The van der Waals surface area contributed by atoms with Crippen LogP contribution in [-0.4, -0.2) is 18.1 Å². The molecule has 2 unspecified atom stereocenters. The summed E-state index contributed by atoms with van der Waals surface area (Å²) < 4.78 is 0. The highest BCUT2D eigenvalue weighted by molar-refractivity contribution is 5.94. The number of carbonyl (C=O) groups is 2. The third kappa shape index (κ3) is 5.46. The molecule has 0 aromatic heterocycles. The Morgan fingerprint density at radius 3 is 1.83 bits per heavy atom. The van der Waals surface area contributed by atoms with E-state index in [4.69, 9.17) is 0 Å². The first-order valence-electron chi connectivity index (χ1n) is 9.71. The van der Waals surface area contributed by atoms with Gasteiger partial charge in [-0.15, -0.1) is 0 Å². The topological polar surface area (TPSA) is 46.2 Å². The van der Waals surface area contributed by atoms with Crippen molar-refractivity contribution in [1.29, 1.82) is 0 Å². The number of Topliss-reactive ketones (excluding diaryl/α,β-unsaturated/α-hetero) is 2. The molecular weight excluding hydrogens is 298 g/mol. The fourth-order valence-electron chi connectivity index (χ4n) is 3.47. The van der Waals surface area contributed by atoms with Crippen LogP contribution in [0.3, 0.4) is 0 Å². The number of rotatable bonds is 14. The van der Waals surface area contributed by atoms with Crippen LogP contribution in [0.25, 0.3) is 0 Å². The van der Waals surface area contributed by atoms with Gasteiger partial charge in [0.05, 0.1) is 0 Å². The van der Waals surface area contributed by atoms with Crippen molar-refractivity contribution in [3.8, 4) is 0 Å². The Bertz CT molecular complexity index is 430. The minimum atomic E-state index is -0.563. The van der Waals surface area contributed by atoms with Gasteiger partial charge < -0.3 is 5.32 Å². The monoisotopic (exact) mass is 337 g/mol. The zero-order chi connectivity index (χ0) is 18.8. The number of nitrogens with one attached hydrogen (secondary N) is 1. The molecule has 0 fully saturated rings. The summed E-state index contributed by atoms with van der Waals surface area (Å²) in [4.78, 5) is 25.5. The predicted molar refractivity (Wildman–Crippen MR) is 103 cm³/mol. The van der Waals surface area contributed by atoms with Crippen molar-refractivity contribution < 1.29 is 9.59 Å². The molecule has 3 heteroatoms. The zero-order valence-corrected chi connectivity index (χ0v) is 16.9. The van der Waals surface area contributed by atoms with Gasteiger partial charge in [-0.05, 0) is 38.5 Å². The lowest BCUT2D eigenvalue weighted by molar-refractivity contribution is -0.148. The first-order valence-corrected chi connectivity index (χ1v) is 9.71. The Hall–Kier alpha value is -1.12. The van der Waals surface area contributed by atoms with Gasteiger partial charge in [-0.2, -0.15) is 0 Å². The molecule has 24 heavy (non-hydrogen) atoms. The summed E-state index contributed by atoms with van der Waals surface area (Å²) in [5, 5.41) is 3.29. The molecular formula is C21H39NO2. The van der Waals surface area contributed by atoms with E-state index in [2.05, 4.69) is 18.8 Å². The van der Waals surface area contributed by atoms with Crippen LogP contribution >= 0.6 is 0 Å². The van der Waals surface area contributed by atoms with Crippen molar-refractivity contribution in [2.75, 3.05) is 6.54 Å². The number of hydrogen-bond acceptors (Lipinski definition) is 3. The SMILES string of the molecule is C=C(CCCCC(=O)C(C)(CC)C(C)(CC)C(=O)CC)NCCC. The molecule has 0 radical (unpaired) electrons. The second kappa shape index (κ2) is 10.7.